The van der Waals surface area contributed by atoms with E-state index in [1.165, 1.54) is 46.3 Å². The maximum atomic E-state index is 11.7. The van der Waals surface area contributed by atoms with Gasteiger partial charge in [-0.1, -0.05) is 38.7 Å². The van der Waals surface area contributed by atoms with Crippen molar-refractivity contribution in [3.8, 4) is 11.5 Å². The summed E-state index contributed by atoms with van der Waals surface area (Å²) in [6.45, 7) is 5.98. The molecule has 2 rings (SSSR count). The maximum absolute atomic E-state index is 11.7. The molecule has 1 aliphatic carbocycles. The van der Waals surface area contributed by atoms with Crippen molar-refractivity contribution in [3.63, 3.8) is 0 Å². The zero-order valence-corrected chi connectivity index (χ0v) is 18.6. The molecule has 0 heterocycles. The number of carbonyl (C=O) groups excluding carboxylic acids is 1. The van der Waals surface area contributed by atoms with E-state index in [0.717, 1.165) is 36.2 Å². The third-order valence-corrected chi connectivity index (χ3v) is 5.83. The first kappa shape index (κ1) is 24.4. The summed E-state index contributed by atoms with van der Waals surface area (Å²) in [5.41, 5.74) is 2.55. The fourth-order valence-corrected chi connectivity index (χ4v) is 4.06. The lowest BCUT2D eigenvalue weighted by Crippen LogP contribution is -2.18. The smallest absolute Gasteiger partial charge is 0.188 e. The van der Waals surface area contributed by atoms with Crippen molar-refractivity contribution in [2.24, 2.45) is 5.92 Å². The monoisotopic (exact) mass is 420 g/mol. The molecule has 1 saturated carbocycles. The molecule has 0 radical (unpaired) electrons. The second-order valence-corrected chi connectivity index (χ2v) is 8.05. The Kier molecular flexibility index (Phi) is 10.3. The van der Waals surface area contributed by atoms with Crippen LogP contribution in [0.25, 0.3) is 0 Å². The number of aliphatic hydroxyl groups excluding tert-OH is 1. The minimum Gasteiger partial charge on any atom is -0.467 e. The molecule has 1 aromatic rings. The molecule has 1 fully saturated rings. The molecule has 30 heavy (non-hydrogen) atoms. The predicted molar refractivity (Wildman–Crippen MR) is 116 cm³/mol. The van der Waals surface area contributed by atoms with Crippen LogP contribution in [0.1, 0.15) is 66.4 Å². The molecule has 0 bridgehead atoms. The van der Waals surface area contributed by atoms with Gasteiger partial charge in [0.25, 0.3) is 0 Å². The van der Waals surface area contributed by atoms with Crippen LogP contribution in [0.3, 0.4) is 0 Å². The van der Waals surface area contributed by atoms with Crippen molar-refractivity contribution >= 4 is 6.29 Å². The zero-order valence-electron chi connectivity index (χ0n) is 18.6. The van der Waals surface area contributed by atoms with Gasteiger partial charge in [-0.15, -0.1) is 0 Å². The first-order valence-corrected chi connectivity index (χ1v) is 10.7. The summed E-state index contributed by atoms with van der Waals surface area (Å²) in [5.74, 6) is 1.62. The summed E-state index contributed by atoms with van der Waals surface area (Å²) in [5, 5.41) is 10.9. The molecule has 0 aliphatic heterocycles. The van der Waals surface area contributed by atoms with Gasteiger partial charge in [-0.2, -0.15) is 0 Å². The third-order valence-electron chi connectivity index (χ3n) is 5.83. The lowest BCUT2D eigenvalue weighted by atomic mass is 9.84. The van der Waals surface area contributed by atoms with Crippen LogP contribution in [0, 0.1) is 12.8 Å². The van der Waals surface area contributed by atoms with Gasteiger partial charge in [0.15, 0.2) is 19.9 Å². The summed E-state index contributed by atoms with van der Waals surface area (Å²) in [7, 11) is 3.05. The van der Waals surface area contributed by atoms with Gasteiger partial charge in [-0.25, -0.2) is 0 Å². The van der Waals surface area contributed by atoms with E-state index in [1.54, 1.807) is 6.07 Å². The summed E-state index contributed by atoms with van der Waals surface area (Å²) >= 11 is 0. The number of aldehydes is 1. The fraction of sp³-hybridized carbons (Fsp3) is 0.625. The summed E-state index contributed by atoms with van der Waals surface area (Å²) < 4.78 is 21.5. The third kappa shape index (κ3) is 6.83. The largest absolute Gasteiger partial charge is 0.467 e. The van der Waals surface area contributed by atoms with Gasteiger partial charge in [0.1, 0.15) is 11.5 Å². The Morgan fingerprint density at radius 2 is 1.87 bits per heavy atom. The molecule has 0 aromatic heterocycles. The van der Waals surface area contributed by atoms with E-state index < -0.39 is 6.10 Å². The van der Waals surface area contributed by atoms with Crippen LogP contribution in [0.4, 0.5) is 0 Å². The van der Waals surface area contributed by atoms with Crippen LogP contribution in [-0.4, -0.2) is 45.3 Å². The summed E-state index contributed by atoms with van der Waals surface area (Å²) in [4.78, 5) is 11.7. The van der Waals surface area contributed by atoms with E-state index in [4.69, 9.17) is 18.9 Å². The molecule has 1 unspecified atom stereocenters. The number of carbonyl (C=O) groups is 1. The van der Waals surface area contributed by atoms with E-state index >= 15 is 0 Å². The van der Waals surface area contributed by atoms with E-state index in [2.05, 4.69) is 6.58 Å². The molecule has 1 atom stereocenters. The van der Waals surface area contributed by atoms with Crippen molar-refractivity contribution < 1.29 is 28.8 Å². The molecule has 168 valence electrons. The minimum atomic E-state index is -0.759. The molecular weight excluding hydrogens is 384 g/mol. The quantitative estimate of drug-likeness (QED) is 0.286. The summed E-state index contributed by atoms with van der Waals surface area (Å²) in [6.07, 6.45) is 8.57. The van der Waals surface area contributed by atoms with Crippen molar-refractivity contribution in [3.05, 3.63) is 34.9 Å². The average Bonchev–Trinajstić information content (AvgIpc) is 2.76. The number of benzene rings is 1. The highest BCUT2D eigenvalue weighted by Gasteiger charge is 2.23. The van der Waals surface area contributed by atoms with Gasteiger partial charge < -0.3 is 24.1 Å². The van der Waals surface area contributed by atoms with Gasteiger partial charge in [-0.3, -0.25) is 4.79 Å². The molecule has 6 heteroatoms. The Labute approximate surface area is 180 Å². The normalized spacial score (nSPS) is 15.6. The van der Waals surface area contributed by atoms with Crippen LogP contribution in [0.15, 0.2) is 18.2 Å². The molecular formula is C24H36O6. The molecule has 1 aliphatic rings. The number of aliphatic hydroxyl groups is 1. The van der Waals surface area contributed by atoms with E-state index in [9.17, 15) is 9.90 Å². The molecule has 6 nitrogen and oxygen atoms in total. The first-order chi connectivity index (χ1) is 14.5. The number of rotatable bonds is 13. The Morgan fingerprint density at radius 3 is 2.50 bits per heavy atom. The van der Waals surface area contributed by atoms with Crippen LogP contribution in [0.5, 0.6) is 11.5 Å². The lowest BCUT2D eigenvalue weighted by molar-refractivity contribution is 0.0434. The predicted octanol–water partition coefficient (Wildman–Crippen LogP) is 4.59. The second kappa shape index (κ2) is 12.7. The number of hydrogen-bond donors (Lipinski definition) is 1. The average molecular weight is 421 g/mol. The van der Waals surface area contributed by atoms with Crippen LogP contribution in [-0.2, 0) is 15.9 Å². The molecule has 0 spiro atoms. The number of aryl methyl sites for hydroxylation is 1. The highest BCUT2D eigenvalue weighted by molar-refractivity contribution is 5.83. The standard InChI is InChI=1S/C24H36O6/c1-17(10-11-19-8-6-5-7-9-19)22(26)13-20-23(29-15-27-3)12-18(2)21(14-25)24(20)30-16-28-4/h12,14,19,22,26H,1,5-11,13,15-16H2,2-4H3. The van der Waals surface area contributed by atoms with Gasteiger partial charge in [-0.05, 0) is 42.9 Å². The lowest BCUT2D eigenvalue weighted by Gasteiger charge is -2.24. The Balaban J connectivity index is 2.20. The Bertz CT molecular complexity index is 693. The van der Waals surface area contributed by atoms with Crippen molar-refractivity contribution in [1.82, 2.24) is 0 Å². The maximum Gasteiger partial charge on any atom is 0.188 e. The molecule has 1 N–H and O–H groups in total. The first-order valence-electron chi connectivity index (χ1n) is 10.7. The van der Waals surface area contributed by atoms with Crippen molar-refractivity contribution in [2.45, 2.75) is 64.4 Å². The van der Waals surface area contributed by atoms with Gasteiger partial charge in [0.05, 0.1) is 11.7 Å². The van der Waals surface area contributed by atoms with E-state index in [1.807, 2.05) is 6.92 Å². The second-order valence-electron chi connectivity index (χ2n) is 8.05. The number of hydrogen-bond acceptors (Lipinski definition) is 6. The highest BCUT2D eigenvalue weighted by atomic mass is 16.7. The topological polar surface area (TPSA) is 74.2 Å². The van der Waals surface area contributed by atoms with Crippen LogP contribution >= 0.6 is 0 Å². The number of ether oxygens (including phenoxy) is 4. The van der Waals surface area contributed by atoms with Crippen molar-refractivity contribution in [1.29, 1.82) is 0 Å². The van der Waals surface area contributed by atoms with E-state index in [-0.39, 0.29) is 20.0 Å². The number of methoxy groups -OCH3 is 2. The Morgan fingerprint density at radius 1 is 1.20 bits per heavy atom. The van der Waals surface area contributed by atoms with E-state index in [0.29, 0.717) is 22.6 Å². The van der Waals surface area contributed by atoms with Crippen molar-refractivity contribution in [2.75, 3.05) is 27.8 Å². The highest BCUT2D eigenvalue weighted by Crippen LogP contribution is 2.37. The minimum absolute atomic E-state index is 0.0142. The zero-order chi connectivity index (χ0) is 21.9. The SMILES string of the molecule is C=C(CCC1CCCCC1)C(O)Cc1c(OCOC)cc(C)c(C=O)c1OCOC. The Hall–Kier alpha value is -1.89. The van der Waals surface area contributed by atoms with Gasteiger partial charge in [0.2, 0.25) is 0 Å². The fourth-order valence-electron chi connectivity index (χ4n) is 4.06. The summed E-state index contributed by atoms with van der Waals surface area (Å²) in [6, 6.07) is 1.77. The molecule has 1 aromatic carbocycles. The van der Waals surface area contributed by atoms with Gasteiger partial charge >= 0.3 is 0 Å². The van der Waals surface area contributed by atoms with Gasteiger partial charge in [0, 0.05) is 26.2 Å². The molecule has 0 saturated heterocycles. The van der Waals surface area contributed by atoms with Crippen LogP contribution in [0.2, 0.25) is 0 Å². The van der Waals surface area contributed by atoms with Crippen LogP contribution < -0.4 is 9.47 Å². The molecule has 0 amide bonds.